The van der Waals surface area contributed by atoms with Crippen LogP contribution >= 0.6 is 11.3 Å². The summed E-state index contributed by atoms with van der Waals surface area (Å²) < 4.78 is 41.7. The van der Waals surface area contributed by atoms with E-state index in [0.717, 1.165) is 22.6 Å². The molecule has 1 aromatic rings. The fraction of sp³-hybridized carbons (Fsp3) is 0.500. The number of alkyl halides is 3. The highest BCUT2D eigenvalue weighted by Crippen LogP contribution is 2.40. The Kier molecular flexibility index (Phi) is 4.03. The summed E-state index contributed by atoms with van der Waals surface area (Å²) in [5.74, 6) is -2.77. The summed E-state index contributed by atoms with van der Waals surface area (Å²) in [6.07, 6.45) is -2.82. The second-order valence-corrected chi connectivity index (χ2v) is 5.34. The Morgan fingerprint density at radius 2 is 2.05 bits per heavy atom. The van der Waals surface area contributed by atoms with Gasteiger partial charge in [0.25, 0.3) is 0 Å². The predicted octanol–water partition coefficient (Wildman–Crippen LogP) is 2.91. The van der Waals surface area contributed by atoms with Crippen molar-refractivity contribution in [3.63, 3.8) is 0 Å². The molecule has 0 bridgehead atoms. The molecule has 0 aliphatic heterocycles. The summed E-state index contributed by atoms with van der Waals surface area (Å²) in [5, 5.41) is 1.70. The number of hydrogen-bond acceptors (Lipinski definition) is 4. The second-order valence-electron chi connectivity index (χ2n) is 4.23. The summed E-state index contributed by atoms with van der Waals surface area (Å²) in [6.45, 7) is 1.73. The Hall–Kier alpha value is -1.57. The van der Waals surface area contributed by atoms with Crippen molar-refractivity contribution >= 4 is 28.2 Å². The predicted molar refractivity (Wildman–Crippen MR) is 67.0 cm³/mol. The largest absolute Gasteiger partial charge is 0.471 e. The normalized spacial score (nSPS) is 14.0. The van der Waals surface area contributed by atoms with Gasteiger partial charge in [0, 0.05) is 4.88 Å². The van der Waals surface area contributed by atoms with Gasteiger partial charge in [0.2, 0.25) is 0 Å². The SMILES string of the molecule is CCOC(=O)c1c(NC(=O)C(F)(F)F)sc2c1CCC2. The van der Waals surface area contributed by atoms with Gasteiger partial charge in [-0.05, 0) is 31.7 Å². The van der Waals surface area contributed by atoms with Crippen LogP contribution in [-0.4, -0.2) is 24.7 Å². The minimum absolute atomic E-state index is 0.0712. The van der Waals surface area contributed by atoms with Gasteiger partial charge in [-0.15, -0.1) is 11.3 Å². The molecule has 0 unspecified atom stereocenters. The van der Waals surface area contributed by atoms with Crippen LogP contribution in [0.4, 0.5) is 18.2 Å². The number of rotatable bonds is 3. The fourth-order valence-electron chi connectivity index (χ4n) is 2.09. The van der Waals surface area contributed by atoms with E-state index in [2.05, 4.69) is 0 Å². The molecule has 1 aliphatic carbocycles. The summed E-state index contributed by atoms with van der Waals surface area (Å²) in [6, 6.07) is 0. The van der Waals surface area contributed by atoms with E-state index in [1.54, 1.807) is 12.2 Å². The number of anilines is 1. The van der Waals surface area contributed by atoms with Gasteiger partial charge in [-0.2, -0.15) is 13.2 Å². The Bertz CT molecular complexity index is 551. The number of carbonyl (C=O) groups is 2. The zero-order valence-corrected chi connectivity index (χ0v) is 11.4. The van der Waals surface area contributed by atoms with Crippen molar-refractivity contribution in [3.05, 3.63) is 16.0 Å². The second kappa shape index (κ2) is 5.43. The third-order valence-corrected chi connectivity index (χ3v) is 4.09. The number of aryl methyl sites for hydroxylation is 1. The fourth-order valence-corrected chi connectivity index (χ4v) is 3.36. The molecule has 0 atom stereocenters. The van der Waals surface area contributed by atoms with Crippen LogP contribution in [0.25, 0.3) is 0 Å². The first-order valence-electron chi connectivity index (χ1n) is 6.04. The molecule has 1 aliphatic rings. The van der Waals surface area contributed by atoms with E-state index in [-0.39, 0.29) is 17.2 Å². The number of halogens is 3. The van der Waals surface area contributed by atoms with Crippen LogP contribution in [0.2, 0.25) is 0 Å². The maximum Gasteiger partial charge on any atom is 0.471 e. The molecule has 2 rings (SSSR count). The summed E-state index contributed by atoms with van der Waals surface area (Å²) in [5.41, 5.74) is 0.771. The van der Waals surface area contributed by atoms with Gasteiger partial charge < -0.3 is 10.1 Å². The maximum absolute atomic E-state index is 12.3. The summed E-state index contributed by atoms with van der Waals surface area (Å²) in [7, 11) is 0. The zero-order valence-electron chi connectivity index (χ0n) is 10.6. The topological polar surface area (TPSA) is 55.4 Å². The molecule has 0 saturated carbocycles. The molecule has 1 amide bonds. The third kappa shape index (κ3) is 2.79. The number of esters is 1. The molecule has 1 N–H and O–H groups in total. The smallest absolute Gasteiger partial charge is 0.462 e. The molecule has 0 saturated heterocycles. The number of nitrogens with one attached hydrogen (secondary N) is 1. The van der Waals surface area contributed by atoms with Crippen molar-refractivity contribution in [2.45, 2.75) is 32.4 Å². The molecule has 0 fully saturated rings. The van der Waals surface area contributed by atoms with E-state index in [9.17, 15) is 22.8 Å². The summed E-state index contributed by atoms with van der Waals surface area (Å²) in [4.78, 5) is 23.7. The molecule has 0 radical (unpaired) electrons. The van der Waals surface area contributed by atoms with Crippen molar-refractivity contribution in [2.24, 2.45) is 0 Å². The van der Waals surface area contributed by atoms with Crippen LogP contribution in [0.1, 0.15) is 34.1 Å². The van der Waals surface area contributed by atoms with Gasteiger partial charge >= 0.3 is 18.1 Å². The molecule has 1 aromatic heterocycles. The lowest BCUT2D eigenvalue weighted by atomic mass is 10.1. The van der Waals surface area contributed by atoms with Gasteiger partial charge in [-0.1, -0.05) is 0 Å². The minimum Gasteiger partial charge on any atom is -0.462 e. The number of hydrogen-bond donors (Lipinski definition) is 1. The third-order valence-electron chi connectivity index (χ3n) is 2.89. The van der Waals surface area contributed by atoms with Gasteiger partial charge in [-0.3, -0.25) is 4.79 Å². The van der Waals surface area contributed by atoms with E-state index in [1.807, 2.05) is 0 Å². The highest BCUT2D eigenvalue weighted by atomic mass is 32.1. The van der Waals surface area contributed by atoms with E-state index < -0.39 is 18.1 Å². The lowest BCUT2D eigenvalue weighted by molar-refractivity contribution is -0.167. The number of thiophene rings is 1. The molecular weight excluding hydrogens is 295 g/mol. The minimum atomic E-state index is -4.99. The number of fused-ring (bicyclic) bond motifs is 1. The van der Waals surface area contributed by atoms with Crippen LogP contribution in [0, 0.1) is 0 Å². The number of ether oxygens (including phenoxy) is 1. The number of carbonyl (C=O) groups excluding carboxylic acids is 2. The molecule has 0 spiro atoms. The molecule has 1 heterocycles. The summed E-state index contributed by atoms with van der Waals surface area (Å²) >= 11 is 1.01. The monoisotopic (exact) mass is 307 g/mol. The molecule has 8 heteroatoms. The van der Waals surface area contributed by atoms with Crippen LogP contribution in [0.5, 0.6) is 0 Å². The standard InChI is InChI=1S/C12H12F3NO3S/c1-2-19-10(17)8-6-4-3-5-7(6)20-9(8)16-11(18)12(13,14)15/h2-5H2,1H3,(H,16,18). The molecule has 20 heavy (non-hydrogen) atoms. The van der Waals surface area contributed by atoms with Crippen molar-refractivity contribution in [1.82, 2.24) is 0 Å². The molecular formula is C12H12F3NO3S. The van der Waals surface area contributed by atoms with Crippen molar-refractivity contribution < 1.29 is 27.5 Å². The van der Waals surface area contributed by atoms with Crippen molar-refractivity contribution in [1.29, 1.82) is 0 Å². The van der Waals surface area contributed by atoms with E-state index in [4.69, 9.17) is 4.74 Å². The first kappa shape index (κ1) is 14.8. The Morgan fingerprint density at radius 1 is 1.35 bits per heavy atom. The molecule has 110 valence electrons. The van der Waals surface area contributed by atoms with Gasteiger partial charge in [0.15, 0.2) is 0 Å². The van der Waals surface area contributed by atoms with E-state index in [1.165, 1.54) is 0 Å². The molecule has 0 aromatic carbocycles. The van der Waals surface area contributed by atoms with E-state index >= 15 is 0 Å². The Labute approximate surface area is 116 Å². The van der Waals surface area contributed by atoms with Gasteiger partial charge in [0.1, 0.15) is 5.00 Å². The van der Waals surface area contributed by atoms with Crippen LogP contribution in [-0.2, 0) is 22.4 Å². The van der Waals surface area contributed by atoms with Crippen LogP contribution in [0.3, 0.4) is 0 Å². The zero-order chi connectivity index (χ0) is 14.9. The molecule has 4 nitrogen and oxygen atoms in total. The van der Waals surface area contributed by atoms with Crippen molar-refractivity contribution in [2.75, 3.05) is 11.9 Å². The Balaban J connectivity index is 2.34. The van der Waals surface area contributed by atoms with Gasteiger partial charge in [-0.25, -0.2) is 4.79 Å². The first-order chi connectivity index (χ1) is 9.34. The maximum atomic E-state index is 12.3. The van der Waals surface area contributed by atoms with Crippen molar-refractivity contribution in [3.8, 4) is 0 Å². The Morgan fingerprint density at radius 3 is 2.65 bits per heavy atom. The van der Waals surface area contributed by atoms with E-state index in [0.29, 0.717) is 18.4 Å². The first-order valence-corrected chi connectivity index (χ1v) is 6.86. The lowest BCUT2D eigenvalue weighted by Crippen LogP contribution is -2.30. The quantitative estimate of drug-likeness (QED) is 0.874. The number of amides is 1. The van der Waals surface area contributed by atoms with Crippen LogP contribution < -0.4 is 5.32 Å². The highest BCUT2D eigenvalue weighted by molar-refractivity contribution is 7.17. The highest BCUT2D eigenvalue weighted by Gasteiger charge is 2.40. The average molecular weight is 307 g/mol. The lowest BCUT2D eigenvalue weighted by Gasteiger charge is -2.09. The average Bonchev–Trinajstić information content (AvgIpc) is 2.87. The van der Waals surface area contributed by atoms with Crippen LogP contribution in [0.15, 0.2) is 0 Å². The van der Waals surface area contributed by atoms with Gasteiger partial charge in [0.05, 0.1) is 12.2 Å².